The van der Waals surface area contributed by atoms with Crippen LogP contribution in [0.1, 0.15) is 46.5 Å². The van der Waals surface area contributed by atoms with Crippen LogP contribution in [0.4, 0.5) is 0 Å². The summed E-state index contributed by atoms with van der Waals surface area (Å²) in [6.45, 7) is 7.03. The maximum Gasteiger partial charge on any atom is 0.0118 e. The minimum atomic E-state index is 0.470. The van der Waals surface area contributed by atoms with Gasteiger partial charge in [-0.2, -0.15) is 0 Å². The molecule has 1 aliphatic carbocycles. The molecule has 1 N–H and O–H groups in total. The SMILES string of the molecule is CCC(C)(C)C(CC1CC1)NC. The molecule has 0 saturated heterocycles. The Morgan fingerprint density at radius 3 is 2.33 bits per heavy atom. The van der Waals surface area contributed by atoms with Gasteiger partial charge in [-0.05, 0) is 31.2 Å². The lowest BCUT2D eigenvalue weighted by Gasteiger charge is -2.33. The van der Waals surface area contributed by atoms with Crippen LogP contribution in [0.25, 0.3) is 0 Å². The van der Waals surface area contributed by atoms with Crippen LogP contribution in [0.3, 0.4) is 0 Å². The van der Waals surface area contributed by atoms with Crippen LogP contribution in [0.15, 0.2) is 0 Å². The molecule has 1 rings (SSSR count). The summed E-state index contributed by atoms with van der Waals surface area (Å²) in [7, 11) is 2.10. The molecule has 1 heteroatoms. The van der Waals surface area contributed by atoms with Crippen molar-refractivity contribution in [3.05, 3.63) is 0 Å². The highest BCUT2D eigenvalue weighted by atomic mass is 14.9. The zero-order valence-corrected chi connectivity index (χ0v) is 8.98. The van der Waals surface area contributed by atoms with E-state index < -0.39 is 0 Å². The molecule has 1 nitrogen and oxygen atoms in total. The van der Waals surface area contributed by atoms with Crippen LogP contribution in [0.2, 0.25) is 0 Å². The molecule has 0 bridgehead atoms. The van der Waals surface area contributed by atoms with E-state index in [0.29, 0.717) is 5.41 Å². The monoisotopic (exact) mass is 169 g/mol. The van der Waals surface area contributed by atoms with Crippen LogP contribution >= 0.6 is 0 Å². The number of hydrogen-bond acceptors (Lipinski definition) is 1. The van der Waals surface area contributed by atoms with E-state index in [9.17, 15) is 0 Å². The van der Waals surface area contributed by atoms with Gasteiger partial charge in [0.1, 0.15) is 0 Å². The quantitative estimate of drug-likeness (QED) is 0.667. The maximum atomic E-state index is 3.46. The molecule has 0 heterocycles. The Labute approximate surface area is 76.9 Å². The van der Waals surface area contributed by atoms with Crippen LogP contribution in [-0.2, 0) is 0 Å². The molecule has 0 radical (unpaired) electrons. The van der Waals surface area contributed by atoms with Crippen molar-refractivity contribution in [3.8, 4) is 0 Å². The minimum Gasteiger partial charge on any atom is -0.316 e. The third-order valence-corrected chi connectivity index (χ3v) is 3.47. The first-order valence-corrected chi connectivity index (χ1v) is 5.27. The van der Waals surface area contributed by atoms with Gasteiger partial charge in [0, 0.05) is 6.04 Å². The average molecular weight is 169 g/mol. The summed E-state index contributed by atoms with van der Waals surface area (Å²) in [6, 6.07) is 0.718. The third-order valence-electron chi connectivity index (χ3n) is 3.47. The highest BCUT2D eigenvalue weighted by molar-refractivity contribution is 4.87. The van der Waals surface area contributed by atoms with E-state index in [4.69, 9.17) is 0 Å². The Morgan fingerprint density at radius 1 is 1.42 bits per heavy atom. The van der Waals surface area contributed by atoms with Crippen molar-refractivity contribution < 1.29 is 0 Å². The predicted molar refractivity (Wildman–Crippen MR) is 54.3 cm³/mol. The van der Waals surface area contributed by atoms with Crippen molar-refractivity contribution in [2.75, 3.05) is 7.05 Å². The lowest BCUT2D eigenvalue weighted by Crippen LogP contribution is -2.39. The molecule has 1 aliphatic rings. The Morgan fingerprint density at radius 2 is 2.00 bits per heavy atom. The van der Waals surface area contributed by atoms with E-state index in [0.717, 1.165) is 12.0 Å². The summed E-state index contributed by atoms with van der Waals surface area (Å²) in [4.78, 5) is 0. The fraction of sp³-hybridized carbons (Fsp3) is 1.00. The predicted octanol–water partition coefficient (Wildman–Crippen LogP) is 2.81. The van der Waals surface area contributed by atoms with Gasteiger partial charge >= 0.3 is 0 Å². The second-order valence-corrected chi connectivity index (χ2v) is 4.86. The Balaban J connectivity index is 2.40. The van der Waals surface area contributed by atoms with E-state index >= 15 is 0 Å². The fourth-order valence-electron chi connectivity index (χ4n) is 1.76. The van der Waals surface area contributed by atoms with E-state index in [1.807, 2.05) is 0 Å². The van der Waals surface area contributed by atoms with Gasteiger partial charge in [-0.25, -0.2) is 0 Å². The largest absolute Gasteiger partial charge is 0.316 e. The molecule has 1 atom stereocenters. The molecule has 12 heavy (non-hydrogen) atoms. The second kappa shape index (κ2) is 3.78. The number of hydrogen-bond donors (Lipinski definition) is 1. The zero-order valence-electron chi connectivity index (χ0n) is 8.98. The van der Waals surface area contributed by atoms with Gasteiger partial charge in [0.25, 0.3) is 0 Å². The van der Waals surface area contributed by atoms with Gasteiger partial charge in [-0.3, -0.25) is 0 Å². The van der Waals surface area contributed by atoms with Crippen LogP contribution in [0, 0.1) is 11.3 Å². The van der Waals surface area contributed by atoms with Crippen molar-refractivity contribution in [2.45, 2.75) is 52.5 Å². The van der Waals surface area contributed by atoms with Gasteiger partial charge in [0.05, 0.1) is 0 Å². The van der Waals surface area contributed by atoms with E-state index in [1.54, 1.807) is 0 Å². The molecule has 0 aromatic heterocycles. The fourth-order valence-corrected chi connectivity index (χ4v) is 1.76. The van der Waals surface area contributed by atoms with Gasteiger partial charge in [0.2, 0.25) is 0 Å². The molecule has 1 saturated carbocycles. The molecule has 0 aromatic rings. The van der Waals surface area contributed by atoms with Crippen LogP contribution in [0.5, 0.6) is 0 Å². The highest BCUT2D eigenvalue weighted by Crippen LogP contribution is 2.38. The lowest BCUT2D eigenvalue weighted by atomic mass is 9.79. The third kappa shape index (κ3) is 2.48. The lowest BCUT2D eigenvalue weighted by molar-refractivity contribution is 0.223. The Kier molecular flexibility index (Phi) is 3.16. The van der Waals surface area contributed by atoms with Crippen LogP contribution in [-0.4, -0.2) is 13.1 Å². The Bertz CT molecular complexity index is 136. The first kappa shape index (κ1) is 10.0. The summed E-state index contributed by atoms with van der Waals surface area (Å²) in [5.74, 6) is 1.04. The second-order valence-electron chi connectivity index (χ2n) is 4.86. The van der Waals surface area contributed by atoms with E-state index in [2.05, 4.69) is 33.1 Å². The molecule has 0 aliphatic heterocycles. The summed E-state index contributed by atoms with van der Waals surface area (Å²) in [5.41, 5.74) is 0.470. The van der Waals surface area contributed by atoms with Crippen molar-refractivity contribution in [2.24, 2.45) is 11.3 Å². The molecular formula is C11H23N. The highest BCUT2D eigenvalue weighted by Gasteiger charge is 2.32. The molecular weight excluding hydrogens is 146 g/mol. The minimum absolute atomic E-state index is 0.470. The van der Waals surface area contributed by atoms with Crippen molar-refractivity contribution in [1.29, 1.82) is 0 Å². The molecule has 1 fully saturated rings. The maximum absolute atomic E-state index is 3.46. The average Bonchev–Trinajstić information content (AvgIpc) is 2.83. The smallest absolute Gasteiger partial charge is 0.0118 e. The van der Waals surface area contributed by atoms with Gasteiger partial charge < -0.3 is 5.32 Å². The standard InChI is InChI=1S/C11H23N/c1-5-11(2,3)10(12-4)8-9-6-7-9/h9-10,12H,5-8H2,1-4H3. The zero-order chi connectivity index (χ0) is 9.19. The van der Waals surface area contributed by atoms with Crippen molar-refractivity contribution >= 4 is 0 Å². The number of nitrogens with one attached hydrogen (secondary N) is 1. The van der Waals surface area contributed by atoms with E-state index in [-0.39, 0.29) is 0 Å². The number of rotatable bonds is 5. The van der Waals surface area contributed by atoms with Gasteiger partial charge in [-0.15, -0.1) is 0 Å². The molecule has 72 valence electrons. The first-order chi connectivity index (χ1) is 5.60. The summed E-state index contributed by atoms with van der Waals surface area (Å²) >= 11 is 0. The molecule has 0 spiro atoms. The Hall–Kier alpha value is -0.0400. The normalized spacial score (nSPS) is 21.0. The summed E-state index contributed by atoms with van der Waals surface area (Å²) in [6.07, 6.45) is 5.60. The van der Waals surface area contributed by atoms with E-state index in [1.165, 1.54) is 25.7 Å². The molecule has 1 unspecified atom stereocenters. The van der Waals surface area contributed by atoms with Crippen LogP contribution < -0.4 is 5.32 Å². The molecule has 0 amide bonds. The van der Waals surface area contributed by atoms with Gasteiger partial charge in [-0.1, -0.05) is 33.6 Å². The topological polar surface area (TPSA) is 12.0 Å². The van der Waals surface area contributed by atoms with Crippen molar-refractivity contribution in [3.63, 3.8) is 0 Å². The van der Waals surface area contributed by atoms with Gasteiger partial charge in [0.15, 0.2) is 0 Å². The summed E-state index contributed by atoms with van der Waals surface area (Å²) in [5, 5.41) is 3.46. The summed E-state index contributed by atoms with van der Waals surface area (Å²) < 4.78 is 0. The first-order valence-electron chi connectivity index (χ1n) is 5.27. The van der Waals surface area contributed by atoms with Crippen molar-refractivity contribution in [1.82, 2.24) is 5.32 Å². The molecule has 0 aromatic carbocycles.